The van der Waals surface area contributed by atoms with Crippen molar-refractivity contribution >= 4 is 16.2 Å². The Morgan fingerprint density at radius 2 is 1.63 bits per heavy atom. The Bertz CT molecular complexity index is 890. The van der Waals surface area contributed by atoms with E-state index >= 15 is 0 Å². The van der Waals surface area contributed by atoms with Crippen LogP contribution in [0.4, 0.5) is 8.78 Å². The summed E-state index contributed by atoms with van der Waals surface area (Å²) < 4.78 is 63.9. The van der Waals surface area contributed by atoms with Crippen molar-refractivity contribution in [2.75, 3.05) is 14.2 Å². The molecule has 10 heteroatoms. The van der Waals surface area contributed by atoms with Crippen LogP contribution in [-0.2, 0) is 10.0 Å². The van der Waals surface area contributed by atoms with Crippen LogP contribution in [-0.4, -0.2) is 35.5 Å². The lowest BCUT2D eigenvalue weighted by Crippen LogP contribution is -2.18. The molecule has 0 saturated heterocycles. The highest BCUT2D eigenvalue weighted by atomic mass is 32.2. The lowest BCUT2D eigenvalue weighted by molar-refractivity contribution is -0.0526. The van der Waals surface area contributed by atoms with Gasteiger partial charge in [0.1, 0.15) is 0 Å². The Balaban J connectivity index is 2.24. The standard InChI is InChI=1S/C17H18F2N2O5S/c1-11-4-6-13(7-5-11)27(22,23)21-20-10-12-8-14(24-2)16(26-17(18)19)15(9-12)25-3/h4-10,17,21H,1-3H3/b20-10-. The van der Waals surface area contributed by atoms with Crippen molar-refractivity contribution in [1.82, 2.24) is 4.83 Å². The minimum Gasteiger partial charge on any atom is -0.493 e. The highest BCUT2D eigenvalue weighted by Gasteiger charge is 2.18. The summed E-state index contributed by atoms with van der Waals surface area (Å²) in [5.41, 5.74) is 1.26. The summed E-state index contributed by atoms with van der Waals surface area (Å²) in [6.07, 6.45) is 1.18. The van der Waals surface area contributed by atoms with E-state index in [9.17, 15) is 17.2 Å². The van der Waals surface area contributed by atoms with Crippen LogP contribution in [0.5, 0.6) is 17.2 Å². The second kappa shape index (κ2) is 8.67. The van der Waals surface area contributed by atoms with Crippen molar-refractivity contribution in [2.24, 2.45) is 5.10 Å². The maximum Gasteiger partial charge on any atom is 0.387 e. The number of ether oxygens (including phenoxy) is 3. The molecule has 0 atom stereocenters. The lowest BCUT2D eigenvalue weighted by atomic mass is 10.2. The fraction of sp³-hybridized carbons (Fsp3) is 0.235. The third kappa shape index (κ3) is 5.30. The fourth-order valence-corrected chi connectivity index (χ4v) is 2.91. The quantitative estimate of drug-likeness (QED) is 0.544. The van der Waals surface area contributed by atoms with E-state index in [0.29, 0.717) is 5.56 Å². The average molecular weight is 400 g/mol. The number of halogens is 2. The molecule has 0 spiro atoms. The number of nitrogens with one attached hydrogen (secondary N) is 1. The van der Waals surface area contributed by atoms with Gasteiger partial charge in [0.25, 0.3) is 10.0 Å². The van der Waals surface area contributed by atoms with Gasteiger partial charge in [-0.1, -0.05) is 17.7 Å². The number of hydrogen-bond donors (Lipinski definition) is 1. The highest BCUT2D eigenvalue weighted by Crippen LogP contribution is 2.39. The molecule has 0 aliphatic rings. The van der Waals surface area contributed by atoms with E-state index in [4.69, 9.17) is 9.47 Å². The van der Waals surface area contributed by atoms with Crippen molar-refractivity contribution in [3.05, 3.63) is 47.5 Å². The summed E-state index contributed by atoms with van der Waals surface area (Å²) in [5, 5.41) is 3.69. The molecule has 0 radical (unpaired) electrons. The number of rotatable bonds is 8. The normalized spacial score (nSPS) is 11.6. The van der Waals surface area contributed by atoms with Gasteiger partial charge in [-0.3, -0.25) is 0 Å². The molecule has 0 aliphatic carbocycles. The van der Waals surface area contributed by atoms with Gasteiger partial charge in [-0.15, -0.1) is 0 Å². The minimum absolute atomic E-state index is 0.0162. The molecule has 7 nitrogen and oxygen atoms in total. The number of alkyl halides is 2. The van der Waals surface area contributed by atoms with Crippen LogP contribution in [0.25, 0.3) is 0 Å². The molecule has 0 heterocycles. The van der Waals surface area contributed by atoms with Gasteiger partial charge in [0.15, 0.2) is 11.5 Å². The zero-order chi connectivity index (χ0) is 20.0. The number of nitrogens with zero attached hydrogens (tertiary/aromatic N) is 1. The highest BCUT2D eigenvalue weighted by molar-refractivity contribution is 7.89. The summed E-state index contributed by atoms with van der Waals surface area (Å²) in [5.74, 6) is -0.303. The molecule has 0 bridgehead atoms. The van der Waals surface area contributed by atoms with Crippen LogP contribution < -0.4 is 19.0 Å². The van der Waals surface area contributed by atoms with E-state index < -0.39 is 16.6 Å². The first kappa shape index (κ1) is 20.4. The number of sulfonamides is 1. The number of hydrazone groups is 1. The maximum absolute atomic E-state index is 12.5. The molecule has 27 heavy (non-hydrogen) atoms. The van der Waals surface area contributed by atoms with Gasteiger partial charge >= 0.3 is 6.61 Å². The van der Waals surface area contributed by atoms with Gasteiger partial charge < -0.3 is 14.2 Å². The Labute approximate surface area is 155 Å². The predicted molar refractivity (Wildman–Crippen MR) is 95.3 cm³/mol. The van der Waals surface area contributed by atoms with Crippen LogP contribution in [0.1, 0.15) is 11.1 Å². The number of hydrogen-bond acceptors (Lipinski definition) is 6. The molecule has 0 fully saturated rings. The third-order valence-electron chi connectivity index (χ3n) is 3.41. The van der Waals surface area contributed by atoms with Gasteiger partial charge in [0.2, 0.25) is 5.75 Å². The zero-order valence-electron chi connectivity index (χ0n) is 14.8. The SMILES string of the molecule is COc1cc(/C=N\NS(=O)(=O)c2ccc(C)cc2)cc(OC)c1OC(F)F. The van der Waals surface area contributed by atoms with Crippen molar-refractivity contribution < 1.29 is 31.4 Å². The van der Waals surface area contributed by atoms with Crippen LogP contribution in [0.2, 0.25) is 0 Å². The molecular weight excluding hydrogens is 382 g/mol. The van der Waals surface area contributed by atoms with E-state index in [2.05, 4.69) is 14.7 Å². The molecule has 2 aromatic rings. The van der Waals surface area contributed by atoms with Gasteiger partial charge in [-0.2, -0.15) is 22.3 Å². The molecule has 146 valence electrons. The number of methoxy groups -OCH3 is 2. The Kier molecular flexibility index (Phi) is 6.56. The van der Waals surface area contributed by atoms with E-state index in [1.54, 1.807) is 12.1 Å². The largest absolute Gasteiger partial charge is 0.493 e. The molecule has 0 unspecified atom stereocenters. The first-order valence-corrected chi connectivity index (χ1v) is 9.07. The van der Waals surface area contributed by atoms with Crippen molar-refractivity contribution in [1.29, 1.82) is 0 Å². The summed E-state index contributed by atoms with van der Waals surface area (Å²) >= 11 is 0. The molecule has 2 rings (SSSR count). The first-order chi connectivity index (χ1) is 12.8. The second-order valence-corrected chi connectivity index (χ2v) is 6.96. The van der Waals surface area contributed by atoms with E-state index in [-0.39, 0.29) is 22.1 Å². The van der Waals surface area contributed by atoms with Crippen LogP contribution >= 0.6 is 0 Å². The van der Waals surface area contributed by atoms with Crippen LogP contribution in [0.15, 0.2) is 46.4 Å². The Morgan fingerprint density at radius 1 is 1.07 bits per heavy atom. The van der Waals surface area contributed by atoms with Crippen LogP contribution in [0.3, 0.4) is 0 Å². The fourth-order valence-electron chi connectivity index (χ4n) is 2.12. The van der Waals surface area contributed by atoms with Gasteiger partial charge in [-0.25, -0.2) is 4.83 Å². The molecular formula is C17H18F2N2O5S. The van der Waals surface area contributed by atoms with Gasteiger partial charge in [0.05, 0.1) is 25.3 Å². The van der Waals surface area contributed by atoms with Crippen molar-refractivity contribution in [3.63, 3.8) is 0 Å². The third-order valence-corrected chi connectivity index (χ3v) is 4.65. The maximum atomic E-state index is 12.5. The van der Waals surface area contributed by atoms with E-state index in [0.717, 1.165) is 5.56 Å². The average Bonchev–Trinajstić information content (AvgIpc) is 2.62. The molecule has 2 aromatic carbocycles. The van der Waals surface area contributed by atoms with Gasteiger partial charge in [-0.05, 0) is 31.2 Å². The Morgan fingerprint density at radius 3 is 2.11 bits per heavy atom. The minimum atomic E-state index is -3.84. The summed E-state index contributed by atoms with van der Waals surface area (Å²) in [7, 11) is -1.29. The topological polar surface area (TPSA) is 86.2 Å². The molecule has 0 aliphatic heterocycles. The van der Waals surface area contributed by atoms with Crippen molar-refractivity contribution in [2.45, 2.75) is 18.4 Å². The molecule has 0 aromatic heterocycles. The zero-order valence-corrected chi connectivity index (χ0v) is 15.6. The monoisotopic (exact) mass is 400 g/mol. The molecule has 1 N–H and O–H groups in total. The smallest absolute Gasteiger partial charge is 0.387 e. The molecule has 0 amide bonds. The number of aryl methyl sites for hydroxylation is 1. The summed E-state index contributed by atoms with van der Waals surface area (Å²) in [6, 6.07) is 8.94. The lowest BCUT2D eigenvalue weighted by Gasteiger charge is -2.14. The predicted octanol–water partition coefficient (Wildman–Crippen LogP) is 2.93. The first-order valence-electron chi connectivity index (χ1n) is 7.59. The molecule has 0 saturated carbocycles. The van der Waals surface area contributed by atoms with E-state index in [1.165, 1.54) is 44.7 Å². The Hall–Kier alpha value is -2.88. The summed E-state index contributed by atoms with van der Waals surface area (Å²) in [6.45, 7) is -1.22. The van der Waals surface area contributed by atoms with Crippen molar-refractivity contribution in [3.8, 4) is 17.2 Å². The van der Waals surface area contributed by atoms with Crippen LogP contribution in [0, 0.1) is 6.92 Å². The second-order valence-electron chi connectivity index (χ2n) is 5.30. The van der Waals surface area contributed by atoms with Gasteiger partial charge in [0, 0.05) is 5.56 Å². The van der Waals surface area contributed by atoms with E-state index in [1.807, 2.05) is 6.92 Å². The number of benzene rings is 2. The summed E-state index contributed by atoms with van der Waals surface area (Å²) in [4.78, 5) is 2.13.